The van der Waals surface area contributed by atoms with E-state index in [1.165, 1.54) is 11.8 Å². The predicted molar refractivity (Wildman–Crippen MR) is 146 cm³/mol. The number of rotatable bonds is 9. The Balaban J connectivity index is 1.63. The largest absolute Gasteiger partial charge is 0.494 e. The molecular formula is C29H30N2O4S. The van der Waals surface area contributed by atoms with Gasteiger partial charge in [0.05, 0.1) is 29.8 Å². The highest BCUT2D eigenvalue weighted by molar-refractivity contribution is 8.16. The maximum atomic E-state index is 13.6. The van der Waals surface area contributed by atoms with Crippen molar-refractivity contribution in [1.82, 2.24) is 0 Å². The second-order valence-electron chi connectivity index (χ2n) is 8.45. The standard InChI is InChI=1S/C29H30N2O4S/c1-5-34-24-13-9-22(10-14-24)30-29-31(23-11-15-25(16-12-23)35-6-2)28(33)27(36-29)18-26(32)21-8-7-19(3)20(4)17-21/h7-17,27H,5-6,18H2,1-4H3/t27-/m0/s1. The molecule has 186 valence electrons. The Bertz CT molecular complexity index is 1270. The molecule has 36 heavy (non-hydrogen) atoms. The fourth-order valence-corrected chi connectivity index (χ4v) is 5.02. The normalized spacial score (nSPS) is 16.4. The SMILES string of the molecule is CCOc1ccc(N=C2S[C@@H](CC(=O)c3ccc(C)c(C)c3)C(=O)N2c2ccc(OCC)cc2)cc1. The molecule has 0 aliphatic carbocycles. The van der Waals surface area contributed by atoms with Crippen molar-refractivity contribution in [2.75, 3.05) is 18.1 Å². The van der Waals surface area contributed by atoms with Crippen molar-refractivity contribution in [3.63, 3.8) is 0 Å². The summed E-state index contributed by atoms with van der Waals surface area (Å²) >= 11 is 1.32. The van der Waals surface area contributed by atoms with Crippen LogP contribution >= 0.6 is 11.8 Å². The van der Waals surface area contributed by atoms with E-state index in [1.807, 2.05) is 94.4 Å². The first-order valence-electron chi connectivity index (χ1n) is 12.0. The summed E-state index contributed by atoms with van der Waals surface area (Å²) in [6.45, 7) is 9.00. The van der Waals surface area contributed by atoms with E-state index >= 15 is 0 Å². The van der Waals surface area contributed by atoms with Crippen LogP contribution in [0.15, 0.2) is 71.7 Å². The third-order valence-corrected chi connectivity index (χ3v) is 7.05. The van der Waals surface area contributed by atoms with Gasteiger partial charge in [0.25, 0.3) is 0 Å². The molecule has 1 fully saturated rings. The van der Waals surface area contributed by atoms with Crippen molar-refractivity contribution < 1.29 is 19.1 Å². The van der Waals surface area contributed by atoms with Gasteiger partial charge in [0.15, 0.2) is 11.0 Å². The predicted octanol–water partition coefficient (Wildman–Crippen LogP) is 6.51. The number of carbonyl (C=O) groups excluding carboxylic acids is 2. The molecule has 0 unspecified atom stereocenters. The van der Waals surface area contributed by atoms with Crippen LogP contribution in [0.3, 0.4) is 0 Å². The average molecular weight is 503 g/mol. The molecule has 1 atom stereocenters. The number of benzene rings is 3. The van der Waals surface area contributed by atoms with E-state index in [4.69, 9.17) is 14.5 Å². The Morgan fingerprint density at radius 3 is 2.08 bits per heavy atom. The molecule has 1 aliphatic rings. The second-order valence-corrected chi connectivity index (χ2v) is 9.62. The number of hydrogen-bond acceptors (Lipinski definition) is 6. The minimum atomic E-state index is -0.563. The van der Waals surface area contributed by atoms with Gasteiger partial charge in [0.1, 0.15) is 11.5 Å². The van der Waals surface area contributed by atoms with Crippen LogP contribution in [-0.4, -0.2) is 35.3 Å². The summed E-state index contributed by atoms with van der Waals surface area (Å²) in [5.74, 6) is 1.27. The smallest absolute Gasteiger partial charge is 0.247 e. The lowest BCUT2D eigenvalue weighted by molar-refractivity contribution is -0.116. The quantitative estimate of drug-likeness (QED) is 0.312. The molecule has 3 aromatic carbocycles. The molecule has 0 N–H and O–H groups in total. The van der Waals surface area contributed by atoms with Gasteiger partial charge < -0.3 is 9.47 Å². The van der Waals surface area contributed by atoms with Crippen LogP contribution in [-0.2, 0) is 4.79 Å². The average Bonchev–Trinajstić information content (AvgIpc) is 3.17. The van der Waals surface area contributed by atoms with E-state index in [1.54, 1.807) is 4.90 Å². The Morgan fingerprint density at radius 1 is 0.889 bits per heavy atom. The molecule has 1 aliphatic heterocycles. The number of aryl methyl sites for hydroxylation is 2. The molecular weight excluding hydrogens is 472 g/mol. The van der Waals surface area contributed by atoms with Gasteiger partial charge in [0.2, 0.25) is 5.91 Å². The van der Waals surface area contributed by atoms with Crippen molar-refractivity contribution in [2.24, 2.45) is 4.99 Å². The summed E-state index contributed by atoms with van der Waals surface area (Å²) in [7, 11) is 0. The fraction of sp³-hybridized carbons (Fsp3) is 0.276. The summed E-state index contributed by atoms with van der Waals surface area (Å²) in [6.07, 6.45) is 0.0990. The van der Waals surface area contributed by atoms with Crippen LogP contribution in [0.25, 0.3) is 0 Å². The number of hydrogen-bond donors (Lipinski definition) is 0. The monoisotopic (exact) mass is 502 g/mol. The van der Waals surface area contributed by atoms with Crippen molar-refractivity contribution in [1.29, 1.82) is 0 Å². The zero-order chi connectivity index (χ0) is 25.7. The first-order chi connectivity index (χ1) is 17.4. The maximum absolute atomic E-state index is 13.6. The molecule has 4 rings (SSSR count). The van der Waals surface area contributed by atoms with Gasteiger partial charge in [-0.3, -0.25) is 14.5 Å². The summed E-state index contributed by atoms with van der Waals surface area (Å²) in [5.41, 5.74) is 4.19. The number of carbonyl (C=O) groups is 2. The molecule has 0 aromatic heterocycles. The van der Waals surface area contributed by atoms with Gasteiger partial charge in [0, 0.05) is 12.0 Å². The molecule has 0 spiro atoms. The number of amides is 1. The van der Waals surface area contributed by atoms with Gasteiger partial charge in [-0.25, -0.2) is 4.99 Å². The zero-order valence-corrected chi connectivity index (χ0v) is 21.8. The molecule has 0 bridgehead atoms. The van der Waals surface area contributed by atoms with Crippen LogP contribution in [0, 0.1) is 13.8 Å². The number of ketones is 1. The van der Waals surface area contributed by atoms with Gasteiger partial charge >= 0.3 is 0 Å². The third kappa shape index (κ3) is 5.79. The van der Waals surface area contributed by atoms with Crippen molar-refractivity contribution >= 4 is 40.0 Å². The van der Waals surface area contributed by atoms with Gasteiger partial charge in [-0.15, -0.1) is 0 Å². The number of nitrogens with zero attached hydrogens (tertiary/aromatic N) is 2. The number of Topliss-reactive ketones (excluding diaryl/α,β-unsaturated/α-hetero) is 1. The summed E-state index contributed by atoms with van der Waals surface area (Å²) in [5, 5.41) is -0.0293. The highest BCUT2D eigenvalue weighted by Gasteiger charge is 2.40. The first kappa shape index (κ1) is 25.5. The lowest BCUT2D eigenvalue weighted by Crippen LogP contribution is -2.32. The van der Waals surface area contributed by atoms with E-state index in [0.717, 1.165) is 22.6 Å². The zero-order valence-electron chi connectivity index (χ0n) is 21.0. The van der Waals surface area contributed by atoms with Gasteiger partial charge in [-0.1, -0.05) is 23.9 Å². The summed E-state index contributed by atoms with van der Waals surface area (Å²) in [4.78, 5) is 33.0. The highest BCUT2D eigenvalue weighted by atomic mass is 32.2. The number of amidine groups is 1. The van der Waals surface area contributed by atoms with E-state index < -0.39 is 5.25 Å². The minimum Gasteiger partial charge on any atom is -0.494 e. The van der Waals surface area contributed by atoms with E-state index in [2.05, 4.69) is 0 Å². The van der Waals surface area contributed by atoms with E-state index in [9.17, 15) is 9.59 Å². The van der Waals surface area contributed by atoms with E-state index in [0.29, 0.717) is 35.3 Å². The highest BCUT2D eigenvalue weighted by Crippen LogP contribution is 2.36. The Hall–Kier alpha value is -3.58. The van der Waals surface area contributed by atoms with Crippen molar-refractivity contribution in [2.45, 2.75) is 39.4 Å². The molecule has 1 heterocycles. The topological polar surface area (TPSA) is 68.2 Å². The maximum Gasteiger partial charge on any atom is 0.247 e. The molecule has 7 heteroatoms. The van der Waals surface area contributed by atoms with Crippen molar-refractivity contribution in [3.8, 4) is 11.5 Å². The third-order valence-electron chi connectivity index (χ3n) is 5.91. The number of anilines is 1. The number of ether oxygens (including phenoxy) is 2. The Morgan fingerprint density at radius 2 is 1.50 bits per heavy atom. The molecule has 1 saturated heterocycles. The molecule has 0 saturated carbocycles. The van der Waals surface area contributed by atoms with Gasteiger partial charge in [-0.05, 0) is 93.4 Å². The lowest BCUT2D eigenvalue weighted by atomic mass is 10.0. The van der Waals surface area contributed by atoms with Crippen LogP contribution < -0.4 is 14.4 Å². The molecule has 6 nitrogen and oxygen atoms in total. The molecule has 0 radical (unpaired) electrons. The van der Waals surface area contributed by atoms with E-state index in [-0.39, 0.29) is 18.1 Å². The summed E-state index contributed by atoms with van der Waals surface area (Å²) in [6, 6.07) is 20.4. The fourth-order valence-electron chi connectivity index (χ4n) is 3.86. The van der Waals surface area contributed by atoms with Gasteiger partial charge in [-0.2, -0.15) is 0 Å². The summed E-state index contributed by atoms with van der Waals surface area (Å²) < 4.78 is 11.1. The van der Waals surface area contributed by atoms with Crippen LogP contribution in [0.2, 0.25) is 0 Å². The Kier molecular flexibility index (Phi) is 8.10. The first-order valence-corrected chi connectivity index (χ1v) is 12.9. The molecule has 1 amide bonds. The molecule has 3 aromatic rings. The van der Waals surface area contributed by atoms with Crippen LogP contribution in [0.4, 0.5) is 11.4 Å². The number of thioether (sulfide) groups is 1. The van der Waals surface area contributed by atoms with Crippen LogP contribution in [0.1, 0.15) is 41.8 Å². The van der Waals surface area contributed by atoms with Crippen LogP contribution in [0.5, 0.6) is 11.5 Å². The number of aliphatic imine (C=N–C) groups is 1. The van der Waals surface area contributed by atoms with Crippen molar-refractivity contribution in [3.05, 3.63) is 83.4 Å². The lowest BCUT2D eigenvalue weighted by Gasteiger charge is -2.17. The Labute approximate surface area is 216 Å². The minimum absolute atomic E-state index is 0.0575. The second kappa shape index (κ2) is 11.4.